The number of nitrogens with zero attached hydrogens (tertiary/aromatic N) is 3. The minimum Gasteiger partial charge on any atom is -0.507 e. The Labute approximate surface area is 259 Å². The second-order valence-corrected chi connectivity index (χ2v) is 11.7. The number of hydrogen-bond acceptors (Lipinski definition) is 11. The molecule has 0 saturated carbocycles. The van der Waals surface area contributed by atoms with Crippen LogP contribution in [-0.4, -0.2) is 90.7 Å². The van der Waals surface area contributed by atoms with Gasteiger partial charge in [-0.15, -0.1) is 0 Å². The Morgan fingerprint density at radius 2 is 1.23 bits per heavy atom. The molecule has 8 N–H and O–H groups in total. The van der Waals surface area contributed by atoms with E-state index in [0.29, 0.717) is 30.8 Å². The lowest BCUT2D eigenvalue weighted by Gasteiger charge is -2.26. The van der Waals surface area contributed by atoms with Crippen LogP contribution in [0, 0.1) is 13.8 Å². The fourth-order valence-electron chi connectivity index (χ4n) is 5.71. The number of nitrogens with one attached hydrogen (secondary N) is 2. The zero-order chi connectivity index (χ0) is 31.6. The van der Waals surface area contributed by atoms with Crippen molar-refractivity contribution in [3.05, 3.63) is 87.2 Å². The average Bonchev–Trinajstić information content (AvgIpc) is 3.02. The topological polar surface area (TPSA) is 165 Å². The molecule has 0 saturated heterocycles. The summed E-state index contributed by atoms with van der Waals surface area (Å²) in [4.78, 5) is 9.53. The smallest absolute Gasteiger partial charge is 0.128 e. The summed E-state index contributed by atoms with van der Waals surface area (Å²) in [5.41, 5.74) is 6.90. The molecule has 11 nitrogen and oxygen atoms in total. The van der Waals surface area contributed by atoms with Crippen molar-refractivity contribution in [2.75, 3.05) is 32.8 Å². The van der Waals surface area contributed by atoms with Gasteiger partial charge in [0.2, 0.25) is 0 Å². The highest BCUT2D eigenvalue weighted by Crippen LogP contribution is 2.28. The number of phenols is 2. The molecular formula is C33H47N5O6. The quantitative estimate of drug-likeness (QED) is 0.140. The Morgan fingerprint density at radius 1 is 0.727 bits per heavy atom. The summed E-state index contributed by atoms with van der Waals surface area (Å²) in [6.07, 6.45) is -0.482. The summed E-state index contributed by atoms with van der Waals surface area (Å²) in [6.45, 7) is 7.64. The van der Waals surface area contributed by atoms with E-state index in [4.69, 9.17) is 15.2 Å². The van der Waals surface area contributed by atoms with Crippen LogP contribution >= 0.6 is 0 Å². The Morgan fingerprint density at radius 3 is 1.80 bits per heavy atom. The first-order valence-electron chi connectivity index (χ1n) is 15.2. The molecule has 2 unspecified atom stereocenters. The lowest BCUT2D eigenvalue weighted by atomic mass is 10.0. The van der Waals surface area contributed by atoms with E-state index in [2.05, 4.69) is 20.4 Å². The molecule has 0 amide bonds. The van der Waals surface area contributed by atoms with E-state index >= 15 is 0 Å². The monoisotopic (exact) mass is 609 g/mol. The first-order chi connectivity index (χ1) is 21.1. The first kappa shape index (κ1) is 33.8. The van der Waals surface area contributed by atoms with Gasteiger partial charge in [-0.2, -0.15) is 0 Å². The molecule has 2 atom stereocenters. The predicted molar refractivity (Wildman–Crippen MR) is 168 cm³/mol. The van der Waals surface area contributed by atoms with Crippen LogP contribution < -0.4 is 10.6 Å². The Balaban J connectivity index is 1.51. The molecule has 0 spiro atoms. The number of aryl methyl sites for hydroxylation is 2. The fourth-order valence-corrected chi connectivity index (χ4v) is 5.71. The largest absolute Gasteiger partial charge is 0.507 e. The van der Waals surface area contributed by atoms with Crippen molar-refractivity contribution in [2.45, 2.75) is 71.9 Å². The molecule has 0 radical (unpaired) electrons. The summed E-state index contributed by atoms with van der Waals surface area (Å²) in [7, 11) is 0. The van der Waals surface area contributed by atoms with E-state index in [-0.39, 0.29) is 24.6 Å². The minimum atomic E-state index is -1.06. The van der Waals surface area contributed by atoms with Gasteiger partial charge in [0.15, 0.2) is 0 Å². The second-order valence-electron chi connectivity index (χ2n) is 11.7. The standard InChI is InChI=1S/C33H47N5O6/c1-22-11-24(15-34-30(41)20-39)32(43)26(13-22)17-37-8-4-9-38(19-29-6-3-5-28(36-29)7-10-37)18-27-14-23(2)12-25(33(27)44)16-35-31(42)21-40/h3,5-6,11-14,30-31,34-35,39-44H,4,7-10,15-21H2,1-2H3. The maximum Gasteiger partial charge on any atom is 0.128 e. The van der Waals surface area contributed by atoms with Crippen LogP contribution in [-0.2, 0) is 39.1 Å². The molecule has 2 bridgehead atoms. The maximum atomic E-state index is 11.1. The van der Waals surface area contributed by atoms with Crippen LogP contribution in [0.3, 0.4) is 0 Å². The third-order valence-electron chi connectivity index (χ3n) is 7.90. The van der Waals surface area contributed by atoms with E-state index in [1.165, 1.54) is 0 Å². The SMILES string of the molecule is Cc1cc(CNC(O)CO)c(O)c(CN2CCCN(Cc3cc(C)cc(CNC(O)CO)c3O)Cc3cccc(n3)CC2)c1. The van der Waals surface area contributed by atoms with Gasteiger partial charge in [-0.1, -0.05) is 41.5 Å². The molecule has 1 aliphatic rings. The number of aromatic nitrogens is 1. The summed E-state index contributed by atoms with van der Waals surface area (Å²) >= 11 is 0. The minimum absolute atomic E-state index is 0.178. The second kappa shape index (κ2) is 16.3. The fraction of sp³-hybridized carbons (Fsp3) is 0.485. The lowest BCUT2D eigenvalue weighted by Crippen LogP contribution is -2.32. The van der Waals surface area contributed by atoms with Gasteiger partial charge >= 0.3 is 0 Å². The third-order valence-corrected chi connectivity index (χ3v) is 7.90. The van der Waals surface area contributed by atoms with Crippen LogP contribution in [0.25, 0.3) is 0 Å². The van der Waals surface area contributed by atoms with E-state index in [1.807, 2.05) is 56.3 Å². The van der Waals surface area contributed by atoms with Gasteiger partial charge in [0, 0.05) is 80.2 Å². The van der Waals surface area contributed by atoms with Crippen LogP contribution in [0.15, 0.2) is 42.5 Å². The highest BCUT2D eigenvalue weighted by Gasteiger charge is 2.19. The number of fused-ring (bicyclic) bond motifs is 2. The molecule has 240 valence electrons. The number of benzene rings is 2. The van der Waals surface area contributed by atoms with E-state index < -0.39 is 25.7 Å². The molecule has 2 heterocycles. The normalized spacial score (nSPS) is 16.4. The number of hydrogen-bond donors (Lipinski definition) is 8. The highest BCUT2D eigenvalue weighted by molar-refractivity contribution is 5.44. The van der Waals surface area contributed by atoms with Gasteiger partial charge in [0.1, 0.15) is 24.0 Å². The van der Waals surface area contributed by atoms with Crippen molar-refractivity contribution >= 4 is 0 Å². The Kier molecular flexibility index (Phi) is 12.5. The average molecular weight is 610 g/mol. The number of rotatable bonds is 12. The summed E-state index contributed by atoms with van der Waals surface area (Å²) < 4.78 is 0. The molecule has 0 fully saturated rings. The highest BCUT2D eigenvalue weighted by atomic mass is 16.3. The number of phenolic OH excluding ortho intramolecular Hbond substituents is 2. The van der Waals surface area contributed by atoms with Crippen LogP contribution in [0.2, 0.25) is 0 Å². The molecule has 4 rings (SSSR count). The number of aliphatic hydroxyl groups excluding tert-OH is 4. The van der Waals surface area contributed by atoms with E-state index in [1.54, 1.807) is 0 Å². The van der Waals surface area contributed by atoms with Gasteiger partial charge in [-0.25, -0.2) is 0 Å². The Bertz CT molecular complexity index is 1370. The molecule has 3 aromatic rings. The van der Waals surface area contributed by atoms with Crippen molar-refractivity contribution in [1.29, 1.82) is 0 Å². The number of aromatic hydroxyl groups is 2. The zero-order valence-corrected chi connectivity index (χ0v) is 25.7. The van der Waals surface area contributed by atoms with E-state index in [0.717, 1.165) is 66.1 Å². The van der Waals surface area contributed by atoms with Gasteiger partial charge in [-0.3, -0.25) is 25.4 Å². The molecule has 44 heavy (non-hydrogen) atoms. The number of aliphatic hydroxyl groups is 4. The van der Waals surface area contributed by atoms with Crippen molar-refractivity contribution in [2.24, 2.45) is 0 Å². The van der Waals surface area contributed by atoms with Crippen molar-refractivity contribution in [1.82, 2.24) is 25.4 Å². The zero-order valence-electron chi connectivity index (χ0n) is 25.7. The van der Waals surface area contributed by atoms with Gasteiger partial charge < -0.3 is 30.6 Å². The molecule has 1 aliphatic heterocycles. The summed E-state index contributed by atoms with van der Waals surface area (Å²) in [5.74, 6) is 0.369. The van der Waals surface area contributed by atoms with Gasteiger partial charge in [0.25, 0.3) is 0 Å². The van der Waals surface area contributed by atoms with Crippen LogP contribution in [0.5, 0.6) is 11.5 Å². The summed E-state index contributed by atoms with van der Waals surface area (Å²) in [5, 5.41) is 65.5. The van der Waals surface area contributed by atoms with Gasteiger partial charge in [-0.05, 0) is 38.9 Å². The molecule has 1 aromatic heterocycles. The molecule has 11 heteroatoms. The van der Waals surface area contributed by atoms with Crippen LogP contribution in [0.1, 0.15) is 51.2 Å². The Hall–Kier alpha value is -3.13. The molecule has 0 aliphatic carbocycles. The molecule has 2 aromatic carbocycles. The van der Waals surface area contributed by atoms with Crippen molar-refractivity contribution in [3.8, 4) is 11.5 Å². The lowest BCUT2D eigenvalue weighted by molar-refractivity contribution is 0.0663. The van der Waals surface area contributed by atoms with Crippen molar-refractivity contribution < 1.29 is 30.6 Å². The summed E-state index contributed by atoms with van der Waals surface area (Å²) in [6, 6.07) is 13.8. The maximum absolute atomic E-state index is 11.1. The van der Waals surface area contributed by atoms with Gasteiger partial charge in [0.05, 0.1) is 18.9 Å². The van der Waals surface area contributed by atoms with Crippen LogP contribution in [0.4, 0.5) is 0 Å². The third kappa shape index (κ3) is 9.68. The molecular weight excluding hydrogens is 562 g/mol. The van der Waals surface area contributed by atoms with Crippen molar-refractivity contribution in [3.63, 3.8) is 0 Å². The number of pyridine rings is 1. The van der Waals surface area contributed by atoms with E-state index in [9.17, 15) is 20.4 Å². The first-order valence-corrected chi connectivity index (χ1v) is 15.2. The predicted octanol–water partition coefficient (Wildman–Crippen LogP) is 1.36.